The molecule has 0 aromatic carbocycles. The van der Waals surface area contributed by atoms with Crippen LogP contribution in [0.25, 0.3) is 0 Å². The molecular formula is C16H24N4S. The molecule has 1 aromatic heterocycles. The molecule has 0 atom stereocenters. The molecule has 1 heterocycles. The van der Waals surface area contributed by atoms with Crippen LogP contribution in [0.5, 0.6) is 0 Å². The SMILES string of the molecule is CC(C)CCN(CCC(C)C)c1sc(C#N)c(N)c1C#N. The van der Waals surface area contributed by atoms with Gasteiger partial charge in [-0.3, -0.25) is 0 Å². The number of nitrogens with zero attached hydrogens (tertiary/aromatic N) is 3. The lowest BCUT2D eigenvalue weighted by molar-refractivity contribution is 0.536. The number of hydrogen-bond donors (Lipinski definition) is 1. The van der Waals surface area contributed by atoms with Crippen LogP contribution in [0, 0.1) is 34.5 Å². The van der Waals surface area contributed by atoms with Gasteiger partial charge in [-0.1, -0.05) is 27.7 Å². The third kappa shape index (κ3) is 4.65. The lowest BCUT2D eigenvalue weighted by atomic mass is 10.1. The summed E-state index contributed by atoms with van der Waals surface area (Å²) in [6, 6.07) is 4.26. The Morgan fingerprint density at radius 3 is 1.95 bits per heavy atom. The summed E-state index contributed by atoms with van der Waals surface area (Å²) in [6.07, 6.45) is 2.12. The molecule has 2 N–H and O–H groups in total. The molecule has 0 aliphatic rings. The average molecular weight is 304 g/mol. The number of nitrogen functional groups attached to an aromatic ring is 1. The number of nitrogens with two attached hydrogens (primary N) is 1. The van der Waals surface area contributed by atoms with Gasteiger partial charge in [-0.05, 0) is 24.7 Å². The highest BCUT2D eigenvalue weighted by Crippen LogP contribution is 2.37. The monoisotopic (exact) mass is 304 g/mol. The topological polar surface area (TPSA) is 76.8 Å². The van der Waals surface area contributed by atoms with Crippen LogP contribution in [0.3, 0.4) is 0 Å². The first kappa shape index (κ1) is 17.3. The maximum Gasteiger partial charge on any atom is 0.131 e. The maximum atomic E-state index is 9.35. The van der Waals surface area contributed by atoms with E-state index in [1.807, 2.05) is 0 Å². The molecule has 21 heavy (non-hydrogen) atoms. The minimum Gasteiger partial charge on any atom is -0.396 e. The number of nitriles is 2. The fraction of sp³-hybridized carbons (Fsp3) is 0.625. The predicted molar refractivity (Wildman–Crippen MR) is 89.3 cm³/mol. The average Bonchev–Trinajstić information content (AvgIpc) is 2.74. The van der Waals surface area contributed by atoms with Crippen molar-refractivity contribution >= 4 is 22.0 Å². The van der Waals surface area contributed by atoms with E-state index in [2.05, 4.69) is 44.7 Å². The van der Waals surface area contributed by atoms with Gasteiger partial charge in [0.25, 0.3) is 0 Å². The second-order valence-corrected chi connectivity index (χ2v) is 7.10. The van der Waals surface area contributed by atoms with Crippen molar-refractivity contribution in [2.75, 3.05) is 23.7 Å². The molecule has 0 amide bonds. The van der Waals surface area contributed by atoms with Crippen LogP contribution in [-0.4, -0.2) is 13.1 Å². The molecule has 0 fully saturated rings. The Morgan fingerprint density at radius 2 is 1.57 bits per heavy atom. The molecule has 0 bridgehead atoms. The lowest BCUT2D eigenvalue weighted by Crippen LogP contribution is -2.27. The zero-order chi connectivity index (χ0) is 16.0. The molecule has 114 valence electrons. The van der Waals surface area contributed by atoms with Crippen molar-refractivity contribution in [3.8, 4) is 12.1 Å². The first-order chi connectivity index (χ1) is 9.90. The van der Waals surface area contributed by atoms with Gasteiger partial charge in [0.1, 0.15) is 27.6 Å². The molecule has 0 saturated carbocycles. The molecule has 0 saturated heterocycles. The zero-order valence-corrected chi connectivity index (χ0v) is 14.1. The first-order valence-electron chi connectivity index (χ1n) is 7.38. The summed E-state index contributed by atoms with van der Waals surface area (Å²) in [5.74, 6) is 1.20. The summed E-state index contributed by atoms with van der Waals surface area (Å²) in [4.78, 5) is 2.67. The molecule has 0 radical (unpaired) electrons. The zero-order valence-electron chi connectivity index (χ0n) is 13.3. The summed E-state index contributed by atoms with van der Waals surface area (Å²) in [5, 5.41) is 19.3. The van der Waals surface area contributed by atoms with Gasteiger partial charge in [0.15, 0.2) is 0 Å². The number of rotatable bonds is 7. The van der Waals surface area contributed by atoms with Crippen LogP contribution in [0.1, 0.15) is 51.0 Å². The Hall–Kier alpha value is -1.72. The van der Waals surface area contributed by atoms with Crippen molar-refractivity contribution in [3.05, 3.63) is 10.4 Å². The molecule has 5 heteroatoms. The van der Waals surface area contributed by atoms with Gasteiger partial charge in [-0.25, -0.2) is 0 Å². The highest BCUT2D eigenvalue weighted by atomic mass is 32.1. The van der Waals surface area contributed by atoms with Crippen molar-refractivity contribution in [2.24, 2.45) is 11.8 Å². The minimum atomic E-state index is 0.332. The first-order valence-corrected chi connectivity index (χ1v) is 8.19. The summed E-state index contributed by atoms with van der Waals surface area (Å²) < 4.78 is 0. The fourth-order valence-electron chi connectivity index (χ4n) is 1.99. The Kier molecular flexibility index (Phi) is 6.52. The van der Waals surface area contributed by atoms with Crippen molar-refractivity contribution in [1.29, 1.82) is 10.5 Å². The second kappa shape index (κ2) is 7.90. The third-order valence-electron chi connectivity index (χ3n) is 3.38. The van der Waals surface area contributed by atoms with Crippen molar-refractivity contribution in [3.63, 3.8) is 0 Å². The quantitative estimate of drug-likeness (QED) is 0.826. The Bertz CT molecular complexity index is 534. The van der Waals surface area contributed by atoms with Gasteiger partial charge >= 0.3 is 0 Å². The number of thiophene rings is 1. The van der Waals surface area contributed by atoms with Gasteiger partial charge < -0.3 is 10.6 Å². The van der Waals surface area contributed by atoms with E-state index < -0.39 is 0 Å². The van der Waals surface area contributed by atoms with Crippen molar-refractivity contribution in [1.82, 2.24) is 0 Å². The number of anilines is 2. The standard InChI is InChI=1S/C16H24N4S/c1-11(2)5-7-20(8-6-12(3)4)16-13(9-17)15(19)14(10-18)21-16/h11-12H,5-8,19H2,1-4H3. The number of hydrogen-bond acceptors (Lipinski definition) is 5. The smallest absolute Gasteiger partial charge is 0.131 e. The lowest BCUT2D eigenvalue weighted by Gasteiger charge is -2.25. The summed E-state index contributed by atoms with van der Waals surface area (Å²) in [7, 11) is 0. The highest BCUT2D eigenvalue weighted by Gasteiger charge is 2.21. The van der Waals surface area contributed by atoms with E-state index in [4.69, 9.17) is 11.0 Å². The van der Waals surface area contributed by atoms with Crippen LogP contribution < -0.4 is 10.6 Å². The summed E-state index contributed by atoms with van der Waals surface area (Å²) in [6.45, 7) is 10.5. The Labute approximate surface area is 131 Å². The molecular weight excluding hydrogens is 280 g/mol. The second-order valence-electron chi connectivity index (χ2n) is 6.10. The molecule has 1 aromatic rings. The van der Waals surface area contributed by atoms with Gasteiger partial charge in [0.05, 0.1) is 5.69 Å². The molecule has 0 unspecified atom stereocenters. The van der Waals surface area contributed by atoms with Crippen LogP contribution in [-0.2, 0) is 0 Å². The van der Waals surface area contributed by atoms with Crippen LogP contribution in [0.15, 0.2) is 0 Å². The fourth-order valence-corrected chi connectivity index (χ4v) is 3.01. The minimum absolute atomic E-state index is 0.332. The summed E-state index contributed by atoms with van der Waals surface area (Å²) >= 11 is 1.34. The van der Waals surface area contributed by atoms with E-state index in [0.29, 0.717) is 28.0 Å². The third-order valence-corrected chi connectivity index (χ3v) is 4.55. The van der Waals surface area contributed by atoms with E-state index in [9.17, 15) is 5.26 Å². The molecule has 0 aliphatic carbocycles. The van der Waals surface area contributed by atoms with Crippen LogP contribution in [0.2, 0.25) is 0 Å². The normalized spacial score (nSPS) is 10.7. The largest absolute Gasteiger partial charge is 0.396 e. The highest BCUT2D eigenvalue weighted by molar-refractivity contribution is 7.17. The van der Waals surface area contributed by atoms with Gasteiger partial charge in [0.2, 0.25) is 0 Å². The van der Waals surface area contributed by atoms with E-state index in [1.165, 1.54) is 11.3 Å². The van der Waals surface area contributed by atoms with E-state index in [-0.39, 0.29) is 0 Å². The molecule has 0 spiro atoms. The molecule has 4 nitrogen and oxygen atoms in total. The van der Waals surface area contributed by atoms with Crippen LogP contribution in [0.4, 0.5) is 10.7 Å². The van der Waals surface area contributed by atoms with Crippen molar-refractivity contribution in [2.45, 2.75) is 40.5 Å². The Balaban J connectivity index is 3.07. The molecule has 0 aliphatic heterocycles. The Morgan fingerprint density at radius 1 is 1.05 bits per heavy atom. The maximum absolute atomic E-state index is 9.35. The summed E-state index contributed by atoms with van der Waals surface area (Å²) in [5.41, 5.74) is 6.71. The van der Waals surface area contributed by atoms with Gasteiger partial charge in [-0.2, -0.15) is 10.5 Å². The van der Waals surface area contributed by atoms with E-state index >= 15 is 0 Å². The van der Waals surface area contributed by atoms with Crippen molar-refractivity contribution < 1.29 is 0 Å². The van der Waals surface area contributed by atoms with E-state index in [0.717, 1.165) is 30.9 Å². The predicted octanol–water partition coefficient (Wildman–Crippen LogP) is 3.97. The molecule has 1 rings (SSSR count). The van der Waals surface area contributed by atoms with Gasteiger partial charge in [0, 0.05) is 13.1 Å². The van der Waals surface area contributed by atoms with Crippen LogP contribution >= 0.6 is 11.3 Å². The van der Waals surface area contributed by atoms with E-state index in [1.54, 1.807) is 0 Å². The van der Waals surface area contributed by atoms with Gasteiger partial charge in [-0.15, -0.1) is 11.3 Å².